The summed E-state index contributed by atoms with van der Waals surface area (Å²) in [6.45, 7) is 4.73. The van der Waals surface area contributed by atoms with E-state index in [1.54, 1.807) is 13.3 Å². The van der Waals surface area contributed by atoms with Crippen molar-refractivity contribution in [3.8, 4) is 5.75 Å². The monoisotopic (exact) mass is 396 g/mol. The van der Waals surface area contributed by atoms with E-state index in [1.807, 2.05) is 24.4 Å². The van der Waals surface area contributed by atoms with Gasteiger partial charge < -0.3 is 15.0 Å². The number of amides is 1. The van der Waals surface area contributed by atoms with Crippen LogP contribution in [-0.2, 0) is 11.2 Å². The minimum absolute atomic E-state index is 0.113. The van der Waals surface area contributed by atoms with Gasteiger partial charge in [0.2, 0.25) is 5.91 Å². The van der Waals surface area contributed by atoms with Crippen molar-refractivity contribution in [1.29, 1.82) is 0 Å². The zero-order valence-electron chi connectivity index (χ0n) is 17.5. The quantitative estimate of drug-likeness (QED) is 0.706. The molecule has 1 fully saturated rings. The first-order valence-corrected chi connectivity index (χ1v) is 10.4. The number of methoxy groups -OCH3 is 1. The molecule has 0 spiro atoms. The molecule has 156 valence electrons. The number of rotatable bonds is 9. The van der Waals surface area contributed by atoms with Crippen LogP contribution in [-0.4, -0.2) is 67.6 Å². The number of carbonyl (C=O) groups excluding carboxylic acids is 1. The van der Waals surface area contributed by atoms with E-state index < -0.39 is 0 Å². The number of nitrogens with zero attached hydrogens (tertiary/aromatic N) is 3. The Hall–Kier alpha value is -2.44. The summed E-state index contributed by atoms with van der Waals surface area (Å²) >= 11 is 0. The molecule has 3 rings (SSSR count). The number of hydrogen-bond acceptors (Lipinski definition) is 5. The highest BCUT2D eigenvalue weighted by Gasteiger charge is 2.24. The van der Waals surface area contributed by atoms with E-state index in [0.717, 1.165) is 44.8 Å². The summed E-state index contributed by atoms with van der Waals surface area (Å²) in [5, 5.41) is 3.16. The zero-order valence-corrected chi connectivity index (χ0v) is 17.5. The Balaban J connectivity index is 1.55. The number of ether oxygens (including phenoxy) is 1. The summed E-state index contributed by atoms with van der Waals surface area (Å²) in [5.74, 6) is 0.965. The highest BCUT2D eigenvalue weighted by molar-refractivity contribution is 5.75. The van der Waals surface area contributed by atoms with Crippen LogP contribution in [0.1, 0.15) is 30.0 Å². The first-order chi connectivity index (χ1) is 14.2. The third kappa shape index (κ3) is 6.54. The molecule has 0 bridgehead atoms. The molecular formula is C23H32N4O2. The van der Waals surface area contributed by atoms with Gasteiger partial charge >= 0.3 is 0 Å². The van der Waals surface area contributed by atoms with E-state index in [-0.39, 0.29) is 11.9 Å². The predicted octanol–water partition coefficient (Wildman–Crippen LogP) is 2.52. The molecule has 1 aromatic carbocycles. The third-order valence-corrected chi connectivity index (χ3v) is 5.56. The Morgan fingerprint density at radius 3 is 2.59 bits per heavy atom. The summed E-state index contributed by atoms with van der Waals surface area (Å²) in [6, 6.07) is 12.4. The average molecular weight is 397 g/mol. The molecular weight excluding hydrogens is 364 g/mol. The van der Waals surface area contributed by atoms with Crippen LogP contribution < -0.4 is 10.1 Å². The van der Waals surface area contributed by atoms with Crippen molar-refractivity contribution in [3.63, 3.8) is 0 Å². The molecule has 0 radical (unpaired) electrons. The van der Waals surface area contributed by atoms with E-state index in [4.69, 9.17) is 4.74 Å². The lowest BCUT2D eigenvalue weighted by atomic mass is 10.0. The maximum Gasteiger partial charge on any atom is 0.220 e. The fourth-order valence-corrected chi connectivity index (χ4v) is 3.72. The molecule has 1 atom stereocenters. The number of benzene rings is 1. The molecule has 2 aromatic rings. The van der Waals surface area contributed by atoms with Crippen molar-refractivity contribution >= 4 is 5.91 Å². The number of pyridine rings is 1. The predicted molar refractivity (Wildman–Crippen MR) is 115 cm³/mol. The number of nitrogens with one attached hydrogen (secondary N) is 1. The van der Waals surface area contributed by atoms with Crippen molar-refractivity contribution in [2.75, 3.05) is 46.9 Å². The molecule has 1 unspecified atom stereocenters. The lowest BCUT2D eigenvalue weighted by Crippen LogP contribution is -2.48. The molecule has 29 heavy (non-hydrogen) atoms. The van der Waals surface area contributed by atoms with Crippen LogP contribution in [0.3, 0.4) is 0 Å². The van der Waals surface area contributed by atoms with Crippen molar-refractivity contribution < 1.29 is 9.53 Å². The number of likely N-dealkylation sites (N-methyl/N-ethyl adjacent to an activating group) is 1. The number of aromatic nitrogens is 1. The summed E-state index contributed by atoms with van der Waals surface area (Å²) < 4.78 is 5.29. The molecule has 1 amide bonds. The van der Waals surface area contributed by atoms with Crippen LogP contribution >= 0.6 is 0 Å². The van der Waals surface area contributed by atoms with Crippen molar-refractivity contribution in [2.24, 2.45) is 0 Å². The largest absolute Gasteiger partial charge is 0.497 e. The summed E-state index contributed by atoms with van der Waals surface area (Å²) in [5.41, 5.74) is 2.39. The average Bonchev–Trinajstić information content (AvgIpc) is 2.76. The molecule has 1 aliphatic heterocycles. The molecule has 0 aliphatic carbocycles. The minimum Gasteiger partial charge on any atom is -0.497 e. The summed E-state index contributed by atoms with van der Waals surface area (Å²) in [4.78, 5) is 21.4. The maximum atomic E-state index is 12.4. The van der Waals surface area contributed by atoms with E-state index in [9.17, 15) is 4.79 Å². The maximum absolute atomic E-state index is 12.4. The number of hydrogen-bond donors (Lipinski definition) is 1. The van der Waals surface area contributed by atoms with E-state index >= 15 is 0 Å². The standard InChI is InChI=1S/C23H32N4O2/c1-26-13-15-27(16-14-26)22(20-8-10-21(29-2)11-9-20)18-25-23(28)7-3-5-19-6-4-12-24-17-19/h4,6,8-12,17,22H,3,5,7,13-16,18H2,1-2H3,(H,25,28). The van der Waals surface area contributed by atoms with Crippen LogP contribution in [0.5, 0.6) is 5.75 Å². The van der Waals surface area contributed by atoms with Gasteiger partial charge in [-0.25, -0.2) is 0 Å². The van der Waals surface area contributed by atoms with Gasteiger partial charge in [-0.15, -0.1) is 0 Å². The third-order valence-electron chi connectivity index (χ3n) is 5.56. The molecule has 1 aliphatic rings. The van der Waals surface area contributed by atoms with Crippen molar-refractivity contribution in [1.82, 2.24) is 20.1 Å². The summed E-state index contributed by atoms with van der Waals surface area (Å²) in [7, 11) is 3.84. The Labute approximate surface area is 173 Å². The molecule has 0 saturated carbocycles. The number of carbonyl (C=O) groups is 1. The molecule has 2 heterocycles. The Kier molecular flexibility index (Phi) is 8.02. The van der Waals surface area contributed by atoms with Crippen LogP contribution in [0.4, 0.5) is 0 Å². The van der Waals surface area contributed by atoms with E-state index in [0.29, 0.717) is 13.0 Å². The molecule has 1 saturated heterocycles. The Bertz CT molecular complexity index is 743. The van der Waals surface area contributed by atoms with Gasteiger partial charge in [0.1, 0.15) is 5.75 Å². The lowest BCUT2D eigenvalue weighted by Gasteiger charge is -2.38. The fraction of sp³-hybridized carbons (Fsp3) is 0.478. The van der Waals surface area contributed by atoms with Crippen LogP contribution in [0.25, 0.3) is 0 Å². The normalized spacial score (nSPS) is 16.3. The van der Waals surface area contributed by atoms with Gasteiger partial charge in [0, 0.05) is 51.5 Å². The lowest BCUT2D eigenvalue weighted by molar-refractivity contribution is -0.121. The smallest absolute Gasteiger partial charge is 0.220 e. The van der Waals surface area contributed by atoms with Gasteiger partial charge in [-0.3, -0.25) is 14.7 Å². The van der Waals surface area contributed by atoms with Gasteiger partial charge in [-0.05, 0) is 49.2 Å². The van der Waals surface area contributed by atoms with E-state index in [1.165, 1.54) is 11.1 Å². The molecule has 6 heteroatoms. The highest BCUT2D eigenvalue weighted by atomic mass is 16.5. The van der Waals surface area contributed by atoms with Crippen molar-refractivity contribution in [2.45, 2.75) is 25.3 Å². The van der Waals surface area contributed by atoms with Gasteiger partial charge in [0.05, 0.1) is 13.2 Å². The number of aryl methyl sites for hydroxylation is 1. The zero-order chi connectivity index (χ0) is 20.5. The second-order valence-corrected chi connectivity index (χ2v) is 7.65. The van der Waals surface area contributed by atoms with Crippen molar-refractivity contribution in [3.05, 3.63) is 59.9 Å². The summed E-state index contributed by atoms with van der Waals surface area (Å²) in [6.07, 6.45) is 5.88. The van der Waals surface area contributed by atoms with Gasteiger partial charge in [0.15, 0.2) is 0 Å². The van der Waals surface area contributed by atoms with Crippen LogP contribution in [0, 0.1) is 0 Å². The van der Waals surface area contributed by atoms with Crippen LogP contribution in [0.2, 0.25) is 0 Å². The number of piperazine rings is 1. The Morgan fingerprint density at radius 1 is 1.17 bits per heavy atom. The second kappa shape index (κ2) is 10.9. The van der Waals surface area contributed by atoms with Gasteiger partial charge in [0.25, 0.3) is 0 Å². The molecule has 1 aromatic heterocycles. The first kappa shape index (κ1) is 21.3. The fourth-order valence-electron chi connectivity index (χ4n) is 3.72. The molecule has 6 nitrogen and oxygen atoms in total. The Morgan fingerprint density at radius 2 is 1.93 bits per heavy atom. The second-order valence-electron chi connectivity index (χ2n) is 7.65. The van der Waals surface area contributed by atoms with Crippen LogP contribution in [0.15, 0.2) is 48.8 Å². The minimum atomic E-state index is 0.113. The first-order valence-electron chi connectivity index (χ1n) is 10.4. The SMILES string of the molecule is COc1ccc(C(CNC(=O)CCCc2cccnc2)N2CCN(C)CC2)cc1. The van der Waals surface area contributed by atoms with E-state index in [2.05, 4.69) is 45.3 Å². The highest BCUT2D eigenvalue weighted by Crippen LogP contribution is 2.24. The van der Waals surface area contributed by atoms with Gasteiger partial charge in [-0.2, -0.15) is 0 Å². The molecule has 1 N–H and O–H groups in total. The topological polar surface area (TPSA) is 57.7 Å². The van der Waals surface area contributed by atoms with Gasteiger partial charge in [-0.1, -0.05) is 18.2 Å².